The van der Waals surface area contributed by atoms with E-state index in [-0.39, 0.29) is 0 Å². The molecule has 0 bridgehead atoms. The molecule has 1 fully saturated rings. The predicted octanol–water partition coefficient (Wildman–Crippen LogP) is 2.99. The third kappa shape index (κ3) is 4.26. The molecule has 0 spiro atoms. The maximum atomic E-state index is 3.67. The van der Waals surface area contributed by atoms with Crippen LogP contribution < -0.4 is 5.32 Å². The quantitative estimate of drug-likeness (QED) is 0.795. The molecular weight excluding hydrogens is 208 g/mol. The summed E-state index contributed by atoms with van der Waals surface area (Å²) in [6.07, 6.45) is 1.28. The van der Waals surface area contributed by atoms with Gasteiger partial charge in [0.1, 0.15) is 0 Å². The summed E-state index contributed by atoms with van der Waals surface area (Å²) in [4.78, 5) is 2.66. The summed E-state index contributed by atoms with van der Waals surface area (Å²) in [6, 6.07) is 0.691. The minimum absolute atomic E-state index is 0.428. The first-order valence-corrected chi connectivity index (χ1v) is 7.32. The van der Waals surface area contributed by atoms with Crippen molar-refractivity contribution in [3.05, 3.63) is 0 Å². The van der Waals surface area contributed by atoms with Gasteiger partial charge in [0.2, 0.25) is 0 Å². The molecule has 1 aliphatic heterocycles. The molecule has 0 aromatic carbocycles. The Hall–Kier alpha value is -0.0800. The maximum Gasteiger partial charge on any atom is 0.0221 e. The Morgan fingerprint density at radius 2 is 1.94 bits per heavy atom. The fourth-order valence-corrected chi connectivity index (χ4v) is 2.41. The van der Waals surface area contributed by atoms with Gasteiger partial charge in [-0.25, -0.2) is 0 Å². The van der Waals surface area contributed by atoms with Gasteiger partial charge in [-0.05, 0) is 17.3 Å². The summed E-state index contributed by atoms with van der Waals surface area (Å²) in [6.45, 7) is 19.0. The highest BCUT2D eigenvalue weighted by molar-refractivity contribution is 4.85. The van der Waals surface area contributed by atoms with Crippen LogP contribution in [-0.2, 0) is 0 Å². The summed E-state index contributed by atoms with van der Waals surface area (Å²) in [5.74, 6) is 1.54. The first kappa shape index (κ1) is 15.0. The Bertz CT molecular complexity index is 223. The summed E-state index contributed by atoms with van der Waals surface area (Å²) >= 11 is 0. The lowest BCUT2D eigenvalue weighted by Gasteiger charge is -2.41. The van der Waals surface area contributed by atoms with Crippen LogP contribution in [-0.4, -0.2) is 37.1 Å². The first-order valence-electron chi connectivity index (χ1n) is 7.32. The van der Waals surface area contributed by atoms with Crippen LogP contribution in [0.5, 0.6) is 0 Å². The number of piperazine rings is 1. The van der Waals surface area contributed by atoms with Crippen molar-refractivity contribution in [2.75, 3.05) is 26.2 Å². The van der Waals surface area contributed by atoms with E-state index >= 15 is 0 Å². The molecule has 0 aromatic rings. The lowest BCUT2D eigenvalue weighted by Crippen LogP contribution is -2.55. The van der Waals surface area contributed by atoms with Crippen molar-refractivity contribution >= 4 is 0 Å². The molecule has 1 rings (SSSR count). The van der Waals surface area contributed by atoms with Gasteiger partial charge in [0.25, 0.3) is 0 Å². The molecule has 0 saturated carbocycles. The van der Waals surface area contributed by atoms with E-state index in [1.807, 2.05) is 0 Å². The Morgan fingerprint density at radius 1 is 1.29 bits per heavy atom. The molecule has 2 heteroatoms. The lowest BCUT2D eigenvalue weighted by molar-refractivity contribution is 0.0948. The van der Waals surface area contributed by atoms with Crippen molar-refractivity contribution in [3.63, 3.8) is 0 Å². The minimum Gasteiger partial charge on any atom is -0.311 e. The number of hydrogen-bond acceptors (Lipinski definition) is 2. The van der Waals surface area contributed by atoms with Gasteiger partial charge in [0.05, 0.1) is 0 Å². The SMILES string of the molecule is CCC(C)C1CN(CC(C)(C)C(C)C)CCN1. The van der Waals surface area contributed by atoms with E-state index in [4.69, 9.17) is 0 Å². The Kier molecular flexibility index (Phi) is 5.46. The second-order valence-electron chi connectivity index (χ2n) is 6.82. The third-order valence-corrected chi connectivity index (χ3v) is 4.81. The monoisotopic (exact) mass is 240 g/mol. The zero-order valence-electron chi connectivity index (χ0n) is 12.7. The molecule has 0 radical (unpaired) electrons. The van der Waals surface area contributed by atoms with Crippen LogP contribution in [0, 0.1) is 17.3 Å². The molecule has 2 unspecified atom stereocenters. The normalized spacial score (nSPS) is 25.2. The highest BCUT2D eigenvalue weighted by atomic mass is 15.2. The van der Waals surface area contributed by atoms with E-state index < -0.39 is 0 Å². The molecule has 0 aromatic heterocycles. The van der Waals surface area contributed by atoms with Gasteiger partial charge in [0.15, 0.2) is 0 Å². The number of rotatable bonds is 5. The van der Waals surface area contributed by atoms with E-state index in [2.05, 4.69) is 51.8 Å². The number of nitrogens with zero attached hydrogens (tertiary/aromatic N) is 1. The van der Waals surface area contributed by atoms with Crippen LogP contribution in [0.1, 0.15) is 48.0 Å². The minimum atomic E-state index is 0.428. The molecule has 2 nitrogen and oxygen atoms in total. The van der Waals surface area contributed by atoms with Crippen molar-refractivity contribution < 1.29 is 0 Å². The highest BCUT2D eigenvalue weighted by Gasteiger charge is 2.29. The zero-order chi connectivity index (χ0) is 13.1. The summed E-state index contributed by atoms with van der Waals surface area (Å²) < 4.78 is 0. The second kappa shape index (κ2) is 6.19. The van der Waals surface area contributed by atoms with Crippen LogP contribution in [0.25, 0.3) is 0 Å². The summed E-state index contributed by atoms with van der Waals surface area (Å²) in [5, 5.41) is 3.67. The van der Waals surface area contributed by atoms with Gasteiger partial charge in [-0.1, -0.05) is 48.0 Å². The van der Waals surface area contributed by atoms with E-state index in [0.29, 0.717) is 11.5 Å². The molecule has 17 heavy (non-hydrogen) atoms. The highest BCUT2D eigenvalue weighted by Crippen LogP contribution is 2.28. The van der Waals surface area contributed by atoms with Crippen molar-refractivity contribution in [2.45, 2.75) is 54.0 Å². The standard InChI is InChI=1S/C15H32N2/c1-7-13(4)14-10-17(9-8-16-14)11-15(5,6)12(2)3/h12-14,16H,7-11H2,1-6H3. The maximum absolute atomic E-state index is 3.67. The van der Waals surface area contributed by atoms with Crippen molar-refractivity contribution in [1.29, 1.82) is 0 Å². The molecule has 1 saturated heterocycles. The van der Waals surface area contributed by atoms with Crippen molar-refractivity contribution in [2.24, 2.45) is 17.3 Å². The smallest absolute Gasteiger partial charge is 0.0221 e. The van der Waals surface area contributed by atoms with E-state index in [1.165, 1.54) is 26.1 Å². The van der Waals surface area contributed by atoms with E-state index in [1.54, 1.807) is 0 Å². The van der Waals surface area contributed by atoms with Crippen LogP contribution in [0.2, 0.25) is 0 Å². The van der Waals surface area contributed by atoms with Gasteiger partial charge in [-0.3, -0.25) is 4.90 Å². The molecule has 0 aliphatic carbocycles. The van der Waals surface area contributed by atoms with E-state index in [0.717, 1.165) is 18.4 Å². The summed E-state index contributed by atoms with van der Waals surface area (Å²) in [5.41, 5.74) is 0.428. The second-order valence-corrected chi connectivity index (χ2v) is 6.82. The molecule has 1 heterocycles. The van der Waals surface area contributed by atoms with Crippen LogP contribution in [0.15, 0.2) is 0 Å². The van der Waals surface area contributed by atoms with Gasteiger partial charge < -0.3 is 5.32 Å². The fraction of sp³-hybridized carbons (Fsp3) is 1.00. The molecule has 1 aliphatic rings. The van der Waals surface area contributed by atoms with Gasteiger partial charge in [-0.15, -0.1) is 0 Å². The van der Waals surface area contributed by atoms with Crippen LogP contribution >= 0.6 is 0 Å². The molecular formula is C15H32N2. The van der Waals surface area contributed by atoms with E-state index in [9.17, 15) is 0 Å². The first-order chi connectivity index (χ1) is 7.86. The molecule has 1 N–H and O–H groups in total. The fourth-order valence-electron chi connectivity index (χ4n) is 2.41. The summed E-state index contributed by atoms with van der Waals surface area (Å²) in [7, 11) is 0. The topological polar surface area (TPSA) is 15.3 Å². The van der Waals surface area contributed by atoms with Gasteiger partial charge in [0, 0.05) is 32.2 Å². The third-order valence-electron chi connectivity index (χ3n) is 4.81. The van der Waals surface area contributed by atoms with Crippen LogP contribution in [0.3, 0.4) is 0 Å². The average molecular weight is 240 g/mol. The Balaban J connectivity index is 2.50. The number of hydrogen-bond donors (Lipinski definition) is 1. The largest absolute Gasteiger partial charge is 0.311 e. The molecule has 0 amide bonds. The Labute approximate surface area is 108 Å². The predicted molar refractivity (Wildman–Crippen MR) is 76.3 cm³/mol. The van der Waals surface area contributed by atoms with Crippen LogP contribution in [0.4, 0.5) is 0 Å². The van der Waals surface area contributed by atoms with Gasteiger partial charge >= 0.3 is 0 Å². The number of nitrogens with one attached hydrogen (secondary N) is 1. The van der Waals surface area contributed by atoms with Gasteiger partial charge in [-0.2, -0.15) is 0 Å². The molecule has 102 valence electrons. The average Bonchev–Trinajstić information content (AvgIpc) is 2.27. The zero-order valence-corrected chi connectivity index (χ0v) is 12.7. The van der Waals surface area contributed by atoms with Crippen molar-refractivity contribution in [3.8, 4) is 0 Å². The Morgan fingerprint density at radius 3 is 2.47 bits per heavy atom. The van der Waals surface area contributed by atoms with Crippen molar-refractivity contribution in [1.82, 2.24) is 10.2 Å². The molecule has 2 atom stereocenters. The lowest BCUT2D eigenvalue weighted by atomic mass is 9.80.